The Morgan fingerprint density at radius 1 is 1.25 bits per heavy atom. The van der Waals surface area contributed by atoms with E-state index in [2.05, 4.69) is 23.7 Å². The normalized spacial score (nSPS) is 16.0. The summed E-state index contributed by atoms with van der Waals surface area (Å²) in [6, 6.07) is 8.28. The van der Waals surface area contributed by atoms with Crippen molar-refractivity contribution in [3.05, 3.63) is 41.2 Å². The van der Waals surface area contributed by atoms with E-state index in [1.165, 1.54) is 37.8 Å². The predicted octanol–water partition coefficient (Wildman–Crippen LogP) is 4.81. The van der Waals surface area contributed by atoms with Gasteiger partial charge < -0.3 is 14.6 Å². The number of rotatable bonds is 7. The number of nitrogens with one attached hydrogen (secondary N) is 1. The number of benzene rings is 1. The Hall–Kier alpha value is -1.95. The average molecular weight is 402 g/mol. The number of hydrogen-bond acceptors (Lipinski definition) is 4. The molecule has 1 aliphatic carbocycles. The molecule has 152 valence electrons. The van der Waals surface area contributed by atoms with Crippen LogP contribution in [0.1, 0.15) is 62.0 Å². The average Bonchev–Trinajstić information content (AvgIpc) is 3.00. The fraction of sp³-hybridized carbons (Fsp3) is 0.545. The third-order valence-electron chi connectivity index (χ3n) is 5.57. The van der Waals surface area contributed by atoms with E-state index in [0.29, 0.717) is 12.6 Å². The van der Waals surface area contributed by atoms with E-state index in [-0.39, 0.29) is 11.2 Å². The highest BCUT2D eigenvalue weighted by atomic mass is 32.2. The van der Waals surface area contributed by atoms with Gasteiger partial charge in [0.05, 0.1) is 18.1 Å². The van der Waals surface area contributed by atoms with Gasteiger partial charge in [-0.3, -0.25) is 4.79 Å². The summed E-state index contributed by atoms with van der Waals surface area (Å²) in [5, 5.41) is 3.83. The molecule has 1 N–H and O–H groups in total. The van der Waals surface area contributed by atoms with Crippen LogP contribution in [0.5, 0.6) is 5.75 Å². The van der Waals surface area contributed by atoms with Crippen molar-refractivity contribution in [2.24, 2.45) is 0 Å². The number of methoxy groups -OCH3 is 1. The predicted molar refractivity (Wildman–Crippen MR) is 114 cm³/mol. The number of carbonyl (C=O) groups is 1. The number of aryl methyl sites for hydroxylation is 1. The van der Waals surface area contributed by atoms with Crippen LogP contribution >= 0.6 is 11.8 Å². The van der Waals surface area contributed by atoms with Gasteiger partial charge in [-0.05, 0) is 51.3 Å². The van der Waals surface area contributed by atoms with Crippen molar-refractivity contribution in [3.63, 3.8) is 0 Å². The first-order valence-electron chi connectivity index (χ1n) is 10.1. The molecule has 1 fully saturated rings. The minimum absolute atomic E-state index is 0.0364. The van der Waals surface area contributed by atoms with E-state index in [1.807, 2.05) is 31.2 Å². The van der Waals surface area contributed by atoms with Crippen molar-refractivity contribution in [3.8, 4) is 5.75 Å². The molecule has 5 nitrogen and oxygen atoms in total. The Bertz CT molecular complexity index is 795. The van der Waals surface area contributed by atoms with Gasteiger partial charge >= 0.3 is 0 Å². The zero-order chi connectivity index (χ0) is 20.1. The molecule has 0 radical (unpaired) electrons. The molecule has 28 heavy (non-hydrogen) atoms. The van der Waals surface area contributed by atoms with Gasteiger partial charge in [0.1, 0.15) is 5.75 Å². The molecular weight excluding hydrogens is 370 g/mol. The number of carbonyl (C=O) groups excluding carboxylic acids is 1. The molecule has 1 saturated carbocycles. The van der Waals surface area contributed by atoms with E-state index in [9.17, 15) is 4.79 Å². The van der Waals surface area contributed by atoms with Crippen molar-refractivity contribution in [1.29, 1.82) is 0 Å². The van der Waals surface area contributed by atoms with E-state index in [1.54, 1.807) is 18.9 Å². The zero-order valence-electron chi connectivity index (χ0n) is 17.3. The fourth-order valence-electron chi connectivity index (χ4n) is 3.74. The Labute approximate surface area is 172 Å². The standard InChI is InChI=1S/C22H31N3O2S/c1-15-16(2)25(19-8-6-5-7-9-19)22(24-15)28-17(3)21(26)23-14-18-10-12-20(27-4)13-11-18/h10-13,17,19H,5-9,14H2,1-4H3,(H,23,26). The molecule has 0 spiro atoms. The molecule has 1 aromatic heterocycles. The van der Waals surface area contributed by atoms with Crippen LogP contribution in [0.15, 0.2) is 29.4 Å². The molecule has 1 atom stereocenters. The lowest BCUT2D eigenvalue weighted by Crippen LogP contribution is -2.30. The number of imidazole rings is 1. The molecule has 2 aromatic rings. The summed E-state index contributed by atoms with van der Waals surface area (Å²) in [6.45, 7) is 6.68. The van der Waals surface area contributed by atoms with Crippen LogP contribution in [-0.4, -0.2) is 27.8 Å². The Morgan fingerprint density at radius 3 is 2.57 bits per heavy atom. The molecule has 1 unspecified atom stereocenters. The molecule has 6 heteroatoms. The minimum atomic E-state index is -0.193. The van der Waals surface area contributed by atoms with Crippen LogP contribution in [0.3, 0.4) is 0 Å². The first-order chi connectivity index (χ1) is 13.5. The molecule has 1 heterocycles. The number of nitrogens with zero attached hydrogens (tertiary/aromatic N) is 2. The van der Waals surface area contributed by atoms with Gasteiger partial charge in [0.15, 0.2) is 5.16 Å². The van der Waals surface area contributed by atoms with Crippen molar-refractivity contribution in [1.82, 2.24) is 14.9 Å². The van der Waals surface area contributed by atoms with Gasteiger partial charge in [0, 0.05) is 18.3 Å². The maximum atomic E-state index is 12.6. The number of ether oxygens (including phenoxy) is 1. The number of thioether (sulfide) groups is 1. The van der Waals surface area contributed by atoms with Gasteiger partial charge in [0.25, 0.3) is 0 Å². The number of amides is 1. The maximum Gasteiger partial charge on any atom is 0.233 e. The minimum Gasteiger partial charge on any atom is -0.497 e. The van der Waals surface area contributed by atoms with Gasteiger partial charge in [-0.25, -0.2) is 4.98 Å². The van der Waals surface area contributed by atoms with E-state index >= 15 is 0 Å². The Balaban J connectivity index is 1.62. The van der Waals surface area contributed by atoms with Crippen LogP contribution in [0, 0.1) is 13.8 Å². The summed E-state index contributed by atoms with van der Waals surface area (Å²) < 4.78 is 7.55. The molecule has 0 bridgehead atoms. The summed E-state index contributed by atoms with van der Waals surface area (Å²) in [4.78, 5) is 17.4. The van der Waals surface area contributed by atoms with Gasteiger partial charge in [-0.1, -0.05) is 43.2 Å². The Kier molecular flexibility index (Phi) is 7.05. The quantitative estimate of drug-likeness (QED) is 0.677. The molecule has 0 aliphatic heterocycles. The highest BCUT2D eigenvalue weighted by Gasteiger charge is 2.24. The van der Waals surface area contributed by atoms with Crippen LogP contribution in [0.4, 0.5) is 0 Å². The number of hydrogen-bond donors (Lipinski definition) is 1. The second-order valence-electron chi connectivity index (χ2n) is 7.55. The molecule has 0 saturated heterocycles. The van der Waals surface area contributed by atoms with Gasteiger partial charge in [-0.15, -0.1) is 0 Å². The molecule has 1 amide bonds. The van der Waals surface area contributed by atoms with Crippen LogP contribution in [0.25, 0.3) is 0 Å². The van der Waals surface area contributed by atoms with Crippen molar-refractivity contribution < 1.29 is 9.53 Å². The van der Waals surface area contributed by atoms with Crippen molar-refractivity contribution in [2.45, 2.75) is 75.9 Å². The third kappa shape index (κ3) is 4.90. The fourth-order valence-corrected chi connectivity index (χ4v) is 4.83. The Morgan fingerprint density at radius 2 is 1.93 bits per heavy atom. The summed E-state index contributed by atoms with van der Waals surface area (Å²) in [6.07, 6.45) is 6.31. The summed E-state index contributed by atoms with van der Waals surface area (Å²) in [7, 11) is 1.65. The summed E-state index contributed by atoms with van der Waals surface area (Å²) >= 11 is 1.57. The third-order valence-corrected chi connectivity index (χ3v) is 6.64. The van der Waals surface area contributed by atoms with Crippen LogP contribution in [-0.2, 0) is 11.3 Å². The SMILES string of the molecule is COc1ccc(CNC(=O)C(C)Sc2nc(C)c(C)n2C2CCCCC2)cc1. The lowest BCUT2D eigenvalue weighted by molar-refractivity contribution is -0.120. The van der Waals surface area contributed by atoms with Crippen molar-refractivity contribution >= 4 is 17.7 Å². The highest BCUT2D eigenvalue weighted by molar-refractivity contribution is 8.00. The first-order valence-corrected chi connectivity index (χ1v) is 11.0. The van der Waals surface area contributed by atoms with E-state index in [0.717, 1.165) is 22.2 Å². The molecule has 1 aromatic carbocycles. The molecular formula is C22H31N3O2S. The van der Waals surface area contributed by atoms with Gasteiger partial charge in [-0.2, -0.15) is 0 Å². The zero-order valence-corrected chi connectivity index (χ0v) is 18.1. The molecule has 3 rings (SSSR count). The van der Waals surface area contributed by atoms with Crippen LogP contribution < -0.4 is 10.1 Å². The second kappa shape index (κ2) is 9.50. The number of aromatic nitrogens is 2. The topological polar surface area (TPSA) is 56.1 Å². The monoisotopic (exact) mass is 401 g/mol. The second-order valence-corrected chi connectivity index (χ2v) is 8.86. The van der Waals surface area contributed by atoms with E-state index < -0.39 is 0 Å². The van der Waals surface area contributed by atoms with Crippen molar-refractivity contribution in [2.75, 3.05) is 7.11 Å². The lowest BCUT2D eigenvalue weighted by Gasteiger charge is -2.26. The summed E-state index contributed by atoms with van der Waals surface area (Å²) in [5.41, 5.74) is 3.36. The first kappa shape index (κ1) is 20.8. The smallest absolute Gasteiger partial charge is 0.233 e. The molecule has 1 aliphatic rings. The summed E-state index contributed by atoms with van der Waals surface area (Å²) in [5.74, 6) is 0.855. The highest BCUT2D eigenvalue weighted by Crippen LogP contribution is 2.35. The van der Waals surface area contributed by atoms with Gasteiger partial charge in [0.2, 0.25) is 5.91 Å². The lowest BCUT2D eigenvalue weighted by atomic mass is 9.95. The largest absolute Gasteiger partial charge is 0.497 e. The van der Waals surface area contributed by atoms with Crippen LogP contribution in [0.2, 0.25) is 0 Å². The maximum absolute atomic E-state index is 12.6. The van der Waals surface area contributed by atoms with E-state index in [4.69, 9.17) is 9.72 Å².